The van der Waals surface area contributed by atoms with Crippen LogP contribution in [-0.4, -0.2) is 17.2 Å². The summed E-state index contributed by atoms with van der Waals surface area (Å²) >= 11 is 11.3. The van der Waals surface area contributed by atoms with Crippen LogP contribution in [0.15, 0.2) is 47.5 Å². The zero-order chi connectivity index (χ0) is 14.1. The number of anilines is 1. The molecule has 3 rings (SSSR count). The van der Waals surface area contributed by atoms with Crippen LogP contribution in [-0.2, 0) is 0 Å². The minimum atomic E-state index is -0.275. The second-order valence-electron chi connectivity index (χ2n) is 4.41. The first-order valence-corrected chi connectivity index (χ1v) is 6.82. The lowest BCUT2D eigenvalue weighted by Crippen LogP contribution is -2.10. The van der Waals surface area contributed by atoms with E-state index in [0.717, 1.165) is 22.5 Å². The third-order valence-corrected chi connectivity index (χ3v) is 3.48. The number of nitrogens with zero attached hydrogens (tertiary/aromatic N) is 1. The molecule has 0 radical (unpaired) electrons. The lowest BCUT2D eigenvalue weighted by Gasteiger charge is -2.10. The maximum atomic E-state index is 13.1. The van der Waals surface area contributed by atoms with Crippen LogP contribution in [0.5, 0.6) is 0 Å². The first kappa shape index (κ1) is 13.2. The van der Waals surface area contributed by atoms with Gasteiger partial charge in [-0.15, -0.1) is 0 Å². The summed E-state index contributed by atoms with van der Waals surface area (Å²) in [7, 11) is 0. The number of rotatable bonds is 1. The molecule has 2 aromatic rings. The summed E-state index contributed by atoms with van der Waals surface area (Å²) in [5.41, 5.74) is 3.32. The highest BCUT2D eigenvalue weighted by Crippen LogP contribution is 2.26. The third kappa shape index (κ3) is 2.57. The Morgan fingerprint density at radius 3 is 2.65 bits per heavy atom. The summed E-state index contributed by atoms with van der Waals surface area (Å²) in [6.45, 7) is 0.397. The van der Waals surface area contributed by atoms with Gasteiger partial charge in [-0.1, -0.05) is 23.8 Å². The zero-order valence-corrected chi connectivity index (χ0v) is 11.9. The molecule has 1 heterocycles. The molecule has 0 aromatic heterocycles. The van der Waals surface area contributed by atoms with Crippen LogP contribution in [0, 0.1) is 5.82 Å². The number of halogens is 2. The highest BCUT2D eigenvalue weighted by Gasteiger charge is 2.16. The molecule has 0 atom stereocenters. The van der Waals surface area contributed by atoms with Crippen molar-refractivity contribution in [3.63, 3.8) is 0 Å². The van der Waals surface area contributed by atoms with Gasteiger partial charge in [0.05, 0.1) is 12.3 Å². The van der Waals surface area contributed by atoms with E-state index >= 15 is 0 Å². The molecule has 2 nitrogen and oxygen atoms in total. The molecule has 1 N–H and O–H groups in total. The van der Waals surface area contributed by atoms with Crippen molar-refractivity contribution in [1.82, 2.24) is 0 Å². The first-order valence-electron chi connectivity index (χ1n) is 6.03. The van der Waals surface area contributed by atoms with Gasteiger partial charge in [0, 0.05) is 21.8 Å². The summed E-state index contributed by atoms with van der Waals surface area (Å²) in [6.07, 6.45) is 0. The van der Waals surface area contributed by atoms with E-state index in [2.05, 4.69) is 10.3 Å². The van der Waals surface area contributed by atoms with Crippen molar-refractivity contribution >= 4 is 40.2 Å². The van der Waals surface area contributed by atoms with Crippen molar-refractivity contribution in [1.29, 1.82) is 0 Å². The monoisotopic (exact) mass is 304 g/mol. The zero-order valence-electron chi connectivity index (χ0n) is 10.4. The number of hydrogen-bond acceptors (Lipinski definition) is 2. The van der Waals surface area contributed by atoms with E-state index in [-0.39, 0.29) is 5.82 Å². The maximum absolute atomic E-state index is 13.1. The number of nitrogens with one attached hydrogen (secondary N) is 1. The number of benzodiazepines with no additional fused rings is 1. The van der Waals surface area contributed by atoms with E-state index in [0.29, 0.717) is 16.6 Å². The number of thiocarbonyl (C=S) groups is 1. The van der Waals surface area contributed by atoms with Gasteiger partial charge in [-0.25, -0.2) is 4.39 Å². The molecule has 100 valence electrons. The molecule has 1 aliphatic heterocycles. The predicted molar refractivity (Wildman–Crippen MR) is 84.6 cm³/mol. The predicted octanol–water partition coefficient (Wildman–Crippen LogP) is 4.07. The quantitative estimate of drug-likeness (QED) is 0.803. The molecule has 0 bridgehead atoms. The Kier molecular flexibility index (Phi) is 3.51. The second kappa shape index (κ2) is 5.31. The van der Waals surface area contributed by atoms with E-state index in [1.807, 2.05) is 12.1 Å². The van der Waals surface area contributed by atoms with E-state index in [4.69, 9.17) is 23.8 Å². The van der Waals surface area contributed by atoms with Crippen LogP contribution in [0.4, 0.5) is 10.1 Å². The van der Waals surface area contributed by atoms with E-state index < -0.39 is 0 Å². The van der Waals surface area contributed by atoms with Gasteiger partial charge in [0.15, 0.2) is 0 Å². The molecule has 0 unspecified atom stereocenters. The molecule has 0 spiro atoms. The van der Waals surface area contributed by atoms with Gasteiger partial charge in [-0.2, -0.15) is 0 Å². The Morgan fingerprint density at radius 2 is 1.90 bits per heavy atom. The average Bonchev–Trinajstić information content (AvgIpc) is 2.58. The van der Waals surface area contributed by atoms with Gasteiger partial charge in [0.25, 0.3) is 0 Å². The Morgan fingerprint density at radius 1 is 1.15 bits per heavy atom. The van der Waals surface area contributed by atoms with E-state index in [1.54, 1.807) is 18.2 Å². The van der Waals surface area contributed by atoms with Crippen molar-refractivity contribution < 1.29 is 4.39 Å². The maximum Gasteiger partial charge on any atom is 0.123 e. The van der Waals surface area contributed by atoms with Crippen LogP contribution >= 0.6 is 23.8 Å². The molecule has 0 amide bonds. The molecule has 0 saturated carbocycles. The Labute approximate surface area is 126 Å². The van der Waals surface area contributed by atoms with E-state index in [1.165, 1.54) is 12.1 Å². The molecule has 0 aliphatic carbocycles. The minimum Gasteiger partial charge on any atom is -0.348 e. The molecule has 0 fully saturated rings. The number of aliphatic imine (C=N–C) groups is 1. The summed E-state index contributed by atoms with van der Waals surface area (Å²) in [6, 6.07) is 11.7. The summed E-state index contributed by atoms with van der Waals surface area (Å²) in [5.74, 6) is -0.275. The lowest BCUT2D eigenvalue weighted by atomic mass is 10.0. The van der Waals surface area contributed by atoms with Crippen molar-refractivity contribution in [2.45, 2.75) is 0 Å². The fourth-order valence-electron chi connectivity index (χ4n) is 2.10. The Balaban J connectivity index is 2.17. The number of benzene rings is 2. The Hall–Kier alpha value is -1.78. The van der Waals surface area contributed by atoms with Gasteiger partial charge < -0.3 is 5.32 Å². The van der Waals surface area contributed by atoms with Gasteiger partial charge >= 0.3 is 0 Å². The van der Waals surface area contributed by atoms with Crippen molar-refractivity contribution in [3.05, 3.63) is 64.4 Å². The molecule has 5 heteroatoms. The van der Waals surface area contributed by atoms with Crippen LogP contribution in [0.2, 0.25) is 5.02 Å². The molecule has 2 aromatic carbocycles. The third-order valence-electron chi connectivity index (χ3n) is 3.01. The van der Waals surface area contributed by atoms with E-state index in [9.17, 15) is 4.39 Å². The average molecular weight is 305 g/mol. The van der Waals surface area contributed by atoms with Crippen molar-refractivity contribution in [2.75, 3.05) is 11.9 Å². The fraction of sp³-hybridized carbons (Fsp3) is 0.0667. The molecular formula is C15H10ClFN2S. The molecule has 1 aliphatic rings. The van der Waals surface area contributed by atoms with Crippen LogP contribution < -0.4 is 5.32 Å². The van der Waals surface area contributed by atoms with Crippen molar-refractivity contribution in [2.24, 2.45) is 4.99 Å². The number of hydrogen-bond donors (Lipinski definition) is 1. The topological polar surface area (TPSA) is 24.4 Å². The highest BCUT2D eigenvalue weighted by atomic mass is 35.5. The van der Waals surface area contributed by atoms with Crippen LogP contribution in [0.25, 0.3) is 0 Å². The first-order chi connectivity index (χ1) is 9.63. The minimum absolute atomic E-state index is 0.275. The fourth-order valence-corrected chi connectivity index (χ4v) is 2.45. The van der Waals surface area contributed by atoms with Gasteiger partial charge in [0.2, 0.25) is 0 Å². The van der Waals surface area contributed by atoms with Gasteiger partial charge in [0.1, 0.15) is 10.8 Å². The molecule has 20 heavy (non-hydrogen) atoms. The summed E-state index contributed by atoms with van der Waals surface area (Å²) in [5, 5.41) is 3.76. The Bertz CT molecular complexity index is 710. The van der Waals surface area contributed by atoms with Crippen LogP contribution in [0.1, 0.15) is 11.1 Å². The second-order valence-corrected chi connectivity index (χ2v) is 5.34. The largest absolute Gasteiger partial charge is 0.348 e. The van der Waals surface area contributed by atoms with Gasteiger partial charge in [-0.3, -0.25) is 4.99 Å². The molecule has 0 saturated heterocycles. The summed E-state index contributed by atoms with van der Waals surface area (Å²) < 4.78 is 13.1. The normalized spacial score (nSPS) is 14.1. The number of fused-ring (bicyclic) bond motifs is 1. The standard InChI is InChI=1S/C15H10ClFN2S/c16-10-3-6-13-12(7-10)15(18-8-14(20)19-13)9-1-4-11(17)5-2-9/h1-7H,8H2,(H,19,20). The SMILES string of the molecule is Fc1ccc(C2=NCC(=S)Nc3ccc(Cl)cc32)cc1. The van der Waals surface area contributed by atoms with Crippen LogP contribution in [0.3, 0.4) is 0 Å². The molecular weight excluding hydrogens is 295 g/mol. The highest BCUT2D eigenvalue weighted by molar-refractivity contribution is 7.80. The lowest BCUT2D eigenvalue weighted by molar-refractivity contribution is 0.628. The summed E-state index contributed by atoms with van der Waals surface area (Å²) in [4.78, 5) is 5.16. The van der Waals surface area contributed by atoms with Gasteiger partial charge in [-0.05, 0) is 42.5 Å². The smallest absolute Gasteiger partial charge is 0.123 e. The van der Waals surface area contributed by atoms with Crippen molar-refractivity contribution in [3.8, 4) is 0 Å².